The predicted molar refractivity (Wildman–Crippen MR) is 285 cm³/mol. The minimum atomic E-state index is -1.14. The molecule has 1 fully saturated rings. The number of amides is 4. The summed E-state index contributed by atoms with van der Waals surface area (Å²) in [5, 5.41) is 25.1. The number of imide groups is 1. The van der Waals surface area contributed by atoms with E-state index in [0.717, 1.165) is 54.5 Å². The van der Waals surface area contributed by atoms with Gasteiger partial charge in [0, 0.05) is 60.6 Å². The fourth-order valence-corrected chi connectivity index (χ4v) is 10.8. The number of rotatable bonds is 14. The third kappa shape index (κ3) is 10.2. The number of carboxylic acid groups (broad SMARTS) is 1. The number of benzene rings is 4. The average Bonchev–Trinajstić information content (AvgIpc) is 3.94. The Bertz CT molecular complexity index is 3510. The van der Waals surface area contributed by atoms with E-state index in [9.17, 15) is 29.1 Å². The van der Waals surface area contributed by atoms with Gasteiger partial charge in [-0.05, 0) is 126 Å². The second-order valence-corrected chi connectivity index (χ2v) is 20.9. The number of hydrogen-bond acceptors (Lipinski definition) is 12. The lowest BCUT2D eigenvalue weighted by atomic mass is 9.80. The molecule has 4 aromatic carbocycles. The Morgan fingerprint density at radius 2 is 1.76 bits per heavy atom. The molecule has 1 atom stereocenters. The van der Waals surface area contributed by atoms with Crippen molar-refractivity contribution in [3.8, 4) is 16.9 Å². The quantitative estimate of drug-likeness (QED) is 0.0593. The van der Waals surface area contributed by atoms with Crippen LogP contribution in [0.25, 0.3) is 32.2 Å². The topological polar surface area (TPSA) is 211 Å². The minimum Gasteiger partial charge on any atom is -0.493 e. The Morgan fingerprint density at radius 3 is 2.53 bits per heavy atom. The van der Waals surface area contributed by atoms with Crippen LogP contribution < -0.4 is 25.6 Å². The van der Waals surface area contributed by atoms with Gasteiger partial charge in [-0.2, -0.15) is 5.10 Å². The first-order valence-corrected chi connectivity index (χ1v) is 25.5. The van der Waals surface area contributed by atoms with E-state index in [0.29, 0.717) is 90.3 Å². The highest BCUT2D eigenvalue weighted by Crippen LogP contribution is 2.42. The molecule has 0 saturated carbocycles. The number of nitrogens with one attached hydrogen (secondary N) is 3. The van der Waals surface area contributed by atoms with Crippen LogP contribution in [0.1, 0.15) is 106 Å². The van der Waals surface area contributed by atoms with Crippen molar-refractivity contribution in [2.45, 2.75) is 84.1 Å². The summed E-state index contributed by atoms with van der Waals surface area (Å²) in [4.78, 5) is 80.5. The Balaban J connectivity index is 0.783. The molecule has 0 aliphatic carbocycles. The zero-order valence-electron chi connectivity index (χ0n) is 41.7. The molecule has 4 aromatic heterocycles. The number of aromatic nitrogens is 5. The number of carbonyl (C=O) groups excluding carboxylic acids is 4. The summed E-state index contributed by atoms with van der Waals surface area (Å²) in [5.41, 5.74) is 9.21. The van der Waals surface area contributed by atoms with Gasteiger partial charge < -0.3 is 20.1 Å². The van der Waals surface area contributed by atoms with E-state index >= 15 is 0 Å². The van der Waals surface area contributed by atoms with Crippen molar-refractivity contribution in [1.82, 2.24) is 30.0 Å². The standard InChI is InChI=1S/C57H55N9O7S/c1-32-37(50-42(57(2,3)4)29-47(61-52(50)55(71)72)66-25-24-34-12-8-14-38(41(34)31-66)53(69)63-56-60-43-15-6-7-17-46(43)74-56)13-9-16-45(32)73-26-10-11-33-18-19-35(58-30-33)28-49(68)59-36-20-21-39-44(27-36)65(5)64-51(39)40-22-23-48(67)62-54(40)70/h6-9,12-21,27,29-30,40H,10-11,22-26,28,31H2,1-5H3,(H,59,68)(H,71,72)(H,60,63,69)(H,62,67,70). The molecular formula is C57H55N9O7S. The third-order valence-electron chi connectivity index (χ3n) is 13.8. The lowest BCUT2D eigenvalue weighted by Gasteiger charge is -2.33. The number of fused-ring (bicyclic) bond motifs is 3. The summed E-state index contributed by atoms with van der Waals surface area (Å²) < 4.78 is 9.03. The number of pyridine rings is 2. The molecule has 0 spiro atoms. The van der Waals surface area contributed by atoms with E-state index in [1.54, 1.807) is 24.0 Å². The smallest absolute Gasteiger partial charge is 0.355 e. The third-order valence-corrected chi connectivity index (χ3v) is 14.7. The first kappa shape index (κ1) is 49.3. The second kappa shape index (κ2) is 20.3. The minimum absolute atomic E-state index is 0.0536. The van der Waals surface area contributed by atoms with E-state index in [4.69, 9.17) is 9.72 Å². The number of anilines is 3. The number of para-hydroxylation sites is 1. The number of piperidine rings is 1. The highest BCUT2D eigenvalue weighted by atomic mass is 32.1. The van der Waals surface area contributed by atoms with Crippen LogP contribution in [0.3, 0.4) is 0 Å². The number of ether oxygens (including phenoxy) is 1. The van der Waals surface area contributed by atoms with Gasteiger partial charge in [-0.15, -0.1) is 0 Å². The van der Waals surface area contributed by atoms with Crippen molar-refractivity contribution < 1.29 is 33.8 Å². The number of carbonyl (C=O) groups is 5. The van der Waals surface area contributed by atoms with Crippen LogP contribution in [0, 0.1) is 6.92 Å². The highest BCUT2D eigenvalue weighted by molar-refractivity contribution is 7.22. The van der Waals surface area contributed by atoms with Gasteiger partial charge in [-0.3, -0.25) is 39.5 Å². The van der Waals surface area contributed by atoms with Crippen molar-refractivity contribution in [2.24, 2.45) is 7.05 Å². The Hall–Kier alpha value is -8.31. The van der Waals surface area contributed by atoms with Gasteiger partial charge >= 0.3 is 5.97 Å². The molecule has 17 heteroatoms. The molecule has 2 aliphatic heterocycles. The summed E-state index contributed by atoms with van der Waals surface area (Å²) in [6.45, 7) is 9.50. The van der Waals surface area contributed by atoms with Crippen molar-refractivity contribution >= 4 is 78.7 Å². The SMILES string of the molecule is Cc1c(OCCCc2ccc(CC(=O)Nc3ccc4c(C5CCC(=O)NC5=O)nn(C)c4c3)nc2)cccc1-c1c(C(C)(C)C)cc(N2CCc3cccc(C(=O)Nc4nc5ccccc5s4)c3C2)nc1C(=O)O. The number of nitrogens with zero attached hydrogens (tertiary/aromatic N) is 6. The van der Waals surface area contributed by atoms with Gasteiger partial charge in [-0.1, -0.05) is 74.6 Å². The summed E-state index contributed by atoms with van der Waals surface area (Å²) in [6.07, 6.45) is 4.52. The molecule has 16 nitrogen and oxygen atoms in total. The Kier molecular flexibility index (Phi) is 13.5. The van der Waals surface area contributed by atoms with Crippen molar-refractivity contribution in [2.75, 3.05) is 28.7 Å². The molecule has 4 amide bonds. The fraction of sp³-hybridized carbons (Fsp3) is 0.281. The van der Waals surface area contributed by atoms with E-state index in [2.05, 4.69) is 56.7 Å². The lowest BCUT2D eigenvalue weighted by molar-refractivity contribution is -0.134. The first-order chi connectivity index (χ1) is 35.6. The summed E-state index contributed by atoms with van der Waals surface area (Å²) in [6, 6.07) is 30.4. The van der Waals surface area contributed by atoms with Gasteiger partial charge in [0.15, 0.2) is 10.8 Å². The van der Waals surface area contributed by atoms with E-state index < -0.39 is 17.3 Å². The van der Waals surface area contributed by atoms with Crippen LogP contribution >= 0.6 is 11.3 Å². The summed E-state index contributed by atoms with van der Waals surface area (Å²) in [5.74, 6) is -1.60. The fourth-order valence-electron chi connectivity index (χ4n) is 9.94. The van der Waals surface area contributed by atoms with Crippen molar-refractivity contribution in [3.63, 3.8) is 0 Å². The van der Waals surface area contributed by atoms with Crippen LogP contribution in [-0.4, -0.2) is 72.6 Å². The Labute approximate surface area is 431 Å². The van der Waals surface area contributed by atoms with Gasteiger partial charge in [0.05, 0.1) is 40.4 Å². The van der Waals surface area contributed by atoms with Gasteiger partial charge in [0.2, 0.25) is 17.7 Å². The van der Waals surface area contributed by atoms with Crippen molar-refractivity contribution in [3.05, 3.63) is 154 Å². The number of hydrogen-bond donors (Lipinski definition) is 4. The summed E-state index contributed by atoms with van der Waals surface area (Å²) in [7, 11) is 1.78. The molecule has 1 unspecified atom stereocenters. The maximum atomic E-state index is 13.8. The molecule has 4 N–H and O–H groups in total. The van der Waals surface area contributed by atoms with Gasteiger partial charge in [-0.25, -0.2) is 14.8 Å². The highest BCUT2D eigenvalue weighted by Gasteiger charge is 2.33. The number of carboxylic acids is 1. The second-order valence-electron chi connectivity index (χ2n) is 19.9. The molecule has 2 aliphatic rings. The molecular weight excluding hydrogens is 955 g/mol. The largest absolute Gasteiger partial charge is 0.493 e. The molecule has 74 heavy (non-hydrogen) atoms. The Morgan fingerprint density at radius 1 is 0.932 bits per heavy atom. The van der Waals surface area contributed by atoms with Crippen LogP contribution in [0.5, 0.6) is 5.75 Å². The number of thiazole rings is 1. The number of aryl methyl sites for hydroxylation is 2. The van der Waals surface area contributed by atoms with E-state index in [1.165, 1.54) is 11.3 Å². The van der Waals surface area contributed by atoms with Crippen LogP contribution in [-0.2, 0) is 52.7 Å². The molecule has 1 saturated heterocycles. The van der Waals surface area contributed by atoms with Gasteiger partial charge in [0.25, 0.3) is 5.91 Å². The van der Waals surface area contributed by atoms with Gasteiger partial charge in [0.1, 0.15) is 11.6 Å². The molecule has 10 rings (SSSR count). The molecule has 0 radical (unpaired) electrons. The van der Waals surface area contributed by atoms with Crippen LogP contribution in [0.4, 0.5) is 16.6 Å². The zero-order valence-corrected chi connectivity index (χ0v) is 42.6. The zero-order chi connectivity index (χ0) is 51.8. The summed E-state index contributed by atoms with van der Waals surface area (Å²) >= 11 is 1.42. The molecule has 0 bridgehead atoms. The maximum absolute atomic E-state index is 13.8. The first-order valence-electron chi connectivity index (χ1n) is 24.7. The van der Waals surface area contributed by atoms with Crippen LogP contribution in [0.15, 0.2) is 103 Å². The van der Waals surface area contributed by atoms with E-state index in [-0.39, 0.29) is 42.2 Å². The number of aromatic carboxylic acids is 1. The van der Waals surface area contributed by atoms with E-state index in [1.807, 2.05) is 97.9 Å². The van der Waals surface area contributed by atoms with Crippen molar-refractivity contribution in [1.29, 1.82) is 0 Å². The van der Waals surface area contributed by atoms with Crippen LogP contribution in [0.2, 0.25) is 0 Å². The molecule has 376 valence electrons. The predicted octanol–water partition coefficient (Wildman–Crippen LogP) is 9.47. The maximum Gasteiger partial charge on any atom is 0.355 e. The molecule has 8 aromatic rings. The normalized spacial score (nSPS) is 14.7. The molecule has 6 heterocycles. The monoisotopic (exact) mass is 1010 g/mol. The lowest BCUT2D eigenvalue weighted by Crippen LogP contribution is -2.39. The average molecular weight is 1010 g/mol.